The van der Waals surface area contributed by atoms with Gasteiger partial charge in [-0.15, -0.1) is 0 Å². The number of aliphatic hydroxyl groups is 1. The number of carbonyl (C=O) groups is 1. The molecule has 7 heteroatoms. The van der Waals surface area contributed by atoms with Gasteiger partial charge >= 0.3 is 5.69 Å². The molecule has 1 saturated carbocycles. The van der Waals surface area contributed by atoms with Gasteiger partial charge in [0.05, 0.1) is 18.6 Å². The van der Waals surface area contributed by atoms with E-state index in [9.17, 15) is 14.7 Å². The normalized spacial score (nSPS) is 18.5. The first-order valence-electron chi connectivity index (χ1n) is 6.20. The van der Waals surface area contributed by atoms with Gasteiger partial charge in [0.25, 0.3) is 0 Å². The van der Waals surface area contributed by atoms with Crippen LogP contribution >= 0.6 is 0 Å². The topological polar surface area (TPSA) is 111 Å². The first-order chi connectivity index (χ1) is 8.57. The van der Waals surface area contributed by atoms with E-state index < -0.39 is 11.3 Å². The van der Waals surface area contributed by atoms with Gasteiger partial charge in [-0.1, -0.05) is 19.3 Å². The van der Waals surface area contributed by atoms with E-state index in [1.54, 1.807) is 0 Å². The number of aromatic nitrogens is 3. The van der Waals surface area contributed by atoms with E-state index in [2.05, 4.69) is 20.5 Å². The first-order valence-corrected chi connectivity index (χ1v) is 6.20. The molecule has 0 radical (unpaired) electrons. The van der Waals surface area contributed by atoms with Crippen LogP contribution in [0.5, 0.6) is 0 Å². The second-order valence-corrected chi connectivity index (χ2v) is 4.86. The van der Waals surface area contributed by atoms with Crippen LogP contribution in [-0.2, 0) is 11.3 Å². The van der Waals surface area contributed by atoms with E-state index in [1.165, 1.54) is 0 Å². The van der Waals surface area contributed by atoms with Crippen molar-refractivity contribution in [3.05, 3.63) is 16.3 Å². The van der Waals surface area contributed by atoms with Crippen LogP contribution in [0, 0.1) is 0 Å². The lowest BCUT2D eigenvalue weighted by atomic mass is 9.82. The van der Waals surface area contributed by atoms with E-state index in [4.69, 9.17) is 0 Å². The molecule has 0 spiro atoms. The van der Waals surface area contributed by atoms with E-state index >= 15 is 0 Å². The molecule has 1 heterocycles. The highest BCUT2D eigenvalue weighted by molar-refractivity contribution is 5.76. The second kappa shape index (κ2) is 5.34. The molecule has 18 heavy (non-hydrogen) atoms. The molecule has 0 atom stereocenters. The van der Waals surface area contributed by atoms with Crippen molar-refractivity contribution in [2.75, 3.05) is 0 Å². The number of nitrogens with one attached hydrogen (secondary N) is 3. The summed E-state index contributed by atoms with van der Waals surface area (Å²) >= 11 is 0. The monoisotopic (exact) mass is 254 g/mol. The zero-order valence-electron chi connectivity index (χ0n) is 10.2. The summed E-state index contributed by atoms with van der Waals surface area (Å²) in [4.78, 5) is 24.9. The molecule has 0 bridgehead atoms. The van der Waals surface area contributed by atoms with Crippen LogP contribution < -0.4 is 11.0 Å². The lowest BCUT2D eigenvalue weighted by Crippen LogP contribution is -2.38. The number of aromatic amines is 2. The third-order valence-corrected chi connectivity index (χ3v) is 3.28. The van der Waals surface area contributed by atoms with Crippen molar-refractivity contribution in [1.29, 1.82) is 0 Å². The average molecular weight is 254 g/mol. The van der Waals surface area contributed by atoms with Gasteiger partial charge in [-0.05, 0) is 12.8 Å². The SMILES string of the molecule is O=C(CC1(O)CCCCC1)NCc1n[nH]c(=O)[nH]1. The maximum atomic E-state index is 11.7. The number of carbonyl (C=O) groups excluding carboxylic acids is 1. The molecular formula is C11H18N4O3. The van der Waals surface area contributed by atoms with Gasteiger partial charge in [0.1, 0.15) is 5.82 Å². The maximum Gasteiger partial charge on any atom is 0.340 e. The fourth-order valence-corrected chi connectivity index (χ4v) is 2.32. The Morgan fingerprint density at radius 3 is 2.72 bits per heavy atom. The number of hydrogen-bond acceptors (Lipinski definition) is 4. The second-order valence-electron chi connectivity index (χ2n) is 4.86. The molecule has 0 aliphatic heterocycles. The maximum absolute atomic E-state index is 11.7. The zero-order chi connectivity index (χ0) is 13.0. The van der Waals surface area contributed by atoms with Crippen LogP contribution in [0.15, 0.2) is 4.79 Å². The van der Waals surface area contributed by atoms with Crippen molar-refractivity contribution >= 4 is 5.91 Å². The van der Waals surface area contributed by atoms with Crippen LogP contribution in [0.4, 0.5) is 0 Å². The van der Waals surface area contributed by atoms with E-state index in [1.807, 2.05) is 0 Å². The highest BCUT2D eigenvalue weighted by Gasteiger charge is 2.31. The quantitative estimate of drug-likeness (QED) is 0.596. The molecule has 0 aromatic carbocycles. The van der Waals surface area contributed by atoms with Gasteiger partial charge in [0, 0.05) is 0 Å². The molecule has 1 aromatic heterocycles. The van der Waals surface area contributed by atoms with Gasteiger partial charge in [-0.2, -0.15) is 5.10 Å². The Morgan fingerprint density at radius 1 is 1.39 bits per heavy atom. The highest BCUT2D eigenvalue weighted by atomic mass is 16.3. The third-order valence-electron chi connectivity index (χ3n) is 3.28. The number of rotatable bonds is 4. The predicted molar refractivity (Wildman–Crippen MR) is 63.7 cm³/mol. The average Bonchev–Trinajstić information content (AvgIpc) is 2.73. The minimum Gasteiger partial charge on any atom is -0.389 e. The van der Waals surface area contributed by atoms with E-state index in [0.29, 0.717) is 18.7 Å². The summed E-state index contributed by atoms with van der Waals surface area (Å²) in [5, 5.41) is 18.7. The standard InChI is InChI=1S/C11H18N4O3/c16-9(6-11(18)4-2-1-3-5-11)12-7-8-13-10(17)15-14-8/h18H,1-7H2,(H,12,16)(H2,13,14,15,17). The fraction of sp³-hybridized carbons (Fsp3) is 0.727. The molecule has 4 N–H and O–H groups in total. The molecule has 1 fully saturated rings. The smallest absolute Gasteiger partial charge is 0.340 e. The molecule has 0 unspecified atom stereocenters. The largest absolute Gasteiger partial charge is 0.389 e. The van der Waals surface area contributed by atoms with Crippen molar-refractivity contribution in [1.82, 2.24) is 20.5 Å². The molecule has 1 aliphatic rings. The minimum absolute atomic E-state index is 0.113. The molecule has 2 rings (SSSR count). The Balaban J connectivity index is 1.79. The van der Waals surface area contributed by atoms with Crippen LogP contribution in [0.1, 0.15) is 44.3 Å². The molecule has 7 nitrogen and oxygen atoms in total. The number of H-pyrrole nitrogens is 2. The summed E-state index contributed by atoms with van der Waals surface area (Å²) in [6.07, 6.45) is 4.53. The van der Waals surface area contributed by atoms with Gasteiger partial charge in [-0.3, -0.25) is 9.78 Å². The summed E-state index contributed by atoms with van der Waals surface area (Å²) in [5.41, 5.74) is -1.26. The van der Waals surface area contributed by atoms with Crippen molar-refractivity contribution in [2.24, 2.45) is 0 Å². The lowest BCUT2D eigenvalue weighted by Gasteiger charge is -2.31. The van der Waals surface area contributed by atoms with Crippen LogP contribution in [-0.4, -0.2) is 31.8 Å². The van der Waals surface area contributed by atoms with Gasteiger partial charge < -0.3 is 10.4 Å². The summed E-state index contributed by atoms with van der Waals surface area (Å²) in [6.45, 7) is 0.160. The summed E-state index contributed by atoms with van der Waals surface area (Å²) in [5.74, 6) is 0.159. The molecule has 100 valence electrons. The molecule has 0 saturated heterocycles. The zero-order valence-corrected chi connectivity index (χ0v) is 10.2. The highest BCUT2D eigenvalue weighted by Crippen LogP contribution is 2.30. The van der Waals surface area contributed by atoms with Crippen molar-refractivity contribution in [2.45, 2.75) is 50.7 Å². The van der Waals surface area contributed by atoms with Gasteiger partial charge in [-0.25, -0.2) is 9.89 Å². The van der Waals surface area contributed by atoms with E-state index in [0.717, 1.165) is 19.3 Å². The third kappa shape index (κ3) is 3.43. The van der Waals surface area contributed by atoms with Crippen molar-refractivity contribution < 1.29 is 9.90 Å². The van der Waals surface area contributed by atoms with Gasteiger partial charge in [0.2, 0.25) is 5.91 Å². The Kier molecular flexibility index (Phi) is 3.81. The summed E-state index contributed by atoms with van der Waals surface area (Å²) in [7, 11) is 0. The van der Waals surface area contributed by atoms with Gasteiger partial charge in [0.15, 0.2) is 0 Å². The predicted octanol–water partition coefficient (Wildman–Crippen LogP) is -0.201. The van der Waals surface area contributed by atoms with Crippen molar-refractivity contribution in [3.63, 3.8) is 0 Å². The minimum atomic E-state index is -0.860. The van der Waals surface area contributed by atoms with Crippen LogP contribution in [0.25, 0.3) is 0 Å². The van der Waals surface area contributed by atoms with Crippen LogP contribution in [0.3, 0.4) is 0 Å². The fourth-order valence-electron chi connectivity index (χ4n) is 2.32. The lowest BCUT2D eigenvalue weighted by molar-refractivity contribution is -0.127. The van der Waals surface area contributed by atoms with Crippen molar-refractivity contribution in [3.8, 4) is 0 Å². The number of amides is 1. The molecular weight excluding hydrogens is 236 g/mol. The summed E-state index contributed by atoms with van der Waals surface area (Å²) < 4.78 is 0. The molecule has 1 aromatic rings. The number of nitrogens with zero attached hydrogens (tertiary/aromatic N) is 1. The number of hydrogen-bond donors (Lipinski definition) is 4. The first kappa shape index (κ1) is 12.8. The summed E-state index contributed by atoms with van der Waals surface area (Å²) in [6, 6.07) is 0. The Morgan fingerprint density at radius 2 is 2.11 bits per heavy atom. The Bertz CT molecular complexity index is 459. The molecule has 1 aliphatic carbocycles. The van der Waals surface area contributed by atoms with E-state index in [-0.39, 0.29) is 18.9 Å². The van der Waals surface area contributed by atoms with Crippen LogP contribution in [0.2, 0.25) is 0 Å². The Hall–Kier alpha value is -1.63. The Labute approximate surface area is 104 Å². The molecule has 1 amide bonds.